The number of aromatic hydroxyl groups is 1. The summed E-state index contributed by atoms with van der Waals surface area (Å²) in [5.41, 5.74) is 11.7. The maximum atomic E-state index is 10.6. The van der Waals surface area contributed by atoms with Crippen LogP contribution >= 0.6 is 0 Å². The average Bonchev–Trinajstić information content (AvgIpc) is 3.78. The molecule has 6 aromatic carbocycles. The van der Waals surface area contributed by atoms with E-state index in [9.17, 15) is 5.11 Å². The highest BCUT2D eigenvalue weighted by molar-refractivity contribution is 6.26. The molecule has 0 fully saturated rings. The van der Waals surface area contributed by atoms with Gasteiger partial charge in [-0.1, -0.05) is 82.3 Å². The lowest BCUT2D eigenvalue weighted by molar-refractivity contribution is 0.477. The lowest BCUT2D eigenvalue weighted by Crippen LogP contribution is -2.08. The van der Waals surface area contributed by atoms with Crippen molar-refractivity contribution < 1.29 is 13.9 Å². The molecule has 234 valence electrons. The number of furan rings is 2. The Labute approximate surface area is 277 Å². The second-order valence-corrected chi connectivity index (χ2v) is 13.3. The lowest BCUT2D eigenvalue weighted by Gasteiger charge is -2.22. The van der Waals surface area contributed by atoms with Crippen LogP contribution in [0.2, 0.25) is 0 Å². The van der Waals surface area contributed by atoms with Crippen molar-refractivity contribution in [3.8, 4) is 34.0 Å². The van der Waals surface area contributed by atoms with E-state index in [1.807, 2.05) is 42.5 Å². The first-order valence-electron chi connectivity index (χ1n) is 16.6. The SMILES string of the molecule is CC(C)c1cccc(C(C)C)c1-n1c(-c2ccc3oc4ccc5oc6ccc(-c7ccccc7O)cc6c5c4c3c2)nc2ccccc21. The van der Waals surface area contributed by atoms with Crippen molar-refractivity contribution in [2.75, 3.05) is 0 Å². The second kappa shape index (κ2) is 10.6. The molecule has 0 bridgehead atoms. The monoisotopic (exact) mass is 626 g/mol. The van der Waals surface area contributed by atoms with Crippen molar-refractivity contribution in [3.05, 3.63) is 126 Å². The molecule has 48 heavy (non-hydrogen) atoms. The molecule has 3 heterocycles. The van der Waals surface area contributed by atoms with Crippen LogP contribution in [0.3, 0.4) is 0 Å². The zero-order valence-corrected chi connectivity index (χ0v) is 27.3. The van der Waals surface area contributed by atoms with Gasteiger partial charge in [0.05, 0.1) is 16.7 Å². The number of hydrogen-bond donors (Lipinski definition) is 1. The fraction of sp³-hybridized carbons (Fsp3) is 0.140. The van der Waals surface area contributed by atoms with Crippen molar-refractivity contribution in [1.29, 1.82) is 0 Å². The fourth-order valence-corrected chi connectivity index (χ4v) is 7.38. The first kappa shape index (κ1) is 28.4. The highest BCUT2D eigenvalue weighted by Gasteiger charge is 2.23. The molecule has 0 aliphatic rings. The summed E-state index contributed by atoms with van der Waals surface area (Å²) in [6, 6.07) is 39.0. The van der Waals surface area contributed by atoms with Gasteiger partial charge in [-0.15, -0.1) is 0 Å². The third kappa shape index (κ3) is 4.20. The van der Waals surface area contributed by atoms with Crippen LogP contribution in [0.4, 0.5) is 0 Å². The van der Waals surface area contributed by atoms with Crippen molar-refractivity contribution >= 4 is 54.9 Å². The molecule has 9 aromatic rings. The van der Waals surface area contributed by atoms with Crippen molar-refractivity contribution in [1.82, 2.24) is 9.55 Å². The lowest BCUT2D eigenvalue weighted by atomic mass is 9.92. The molecule has 0 saturated heterocycles. The molecule has 9 rings (SSSR count). The summed E-state index contributed by atoms with van der Waals surface area (Å²) < 4.78 is 15.2. The first-order valence-corrected chi connectivity index (χ1v) is 16.6. The Morgan fingerprint density at radius 1 is 0.583 bits per heavy atom. The van der Waals surface area contributed by atoms with E-state index in [2.05, 4.69) is 99.0 Å². The molecule has 0 atom stereocenters. The summed E-state index contributed by atoms with van der Waals surface area (Å²) in [6.07, 6.45) is 0. The molecule has 1 N–H and O–H groups in total. The van der Waals surface area contributed by atoms with Crippen LogP contribution in [0.15, 0.2) is 124 Å². The maximum Gasteiger partial charge on any atom is 0.145 e. The van der Waals surface area contributed by atoms with Crippen LogP contribution in [0, 0.1) is 0 Å². The van der Waals surface area contributed by atoms with Crippen LogP contribution in [0.1, 0.15) is 50.7 Å². The highest BCUT2D eigenvalue weighted by atomic mass is 16.3. The molecule has 0 aliphatic heterocycles. The Balaban J connectivity index is 1.34. The van der Waals surface area contributed by atoms with Gasteiger partial charge in [-0.25, -0.2) is 4.98 Å². The van der Waals surface area contributed by atoms with Gasteiger partial charge >= 0.3 is 0 Å². The molecule has 0 saturated carbocycles. The molecule has 0 aliphatic carbocycles. The number of fused-ring (bicyclic) bond motifs is 8. The van der Waals surface area contributed by atoms with Crippen LogP contribution < -0.4 is 0 Å². The van der Waals surface area contributed by atoms with Crippen LogP contribution in [-0.4, -0.2) is 14.7 Å². The summed E-state index contributed by atoms with van der Waals surface area (Å²) in [4.78, 5) is 5.28. The van der Waals surface area contributed by atoms with Gasteiger partial charge in [0.2, 0.25) is 0 Å². The number of phenols is 1. The third-order valence-corrected chi connectivity index (χ3v) is 9.67. The average molecular weight is 627 g/mol. The molecular weight excluding hydrogens is 592 g/mol. The predicted molar refractivity (Wildman–Crippen MR) is 196 cm³/mol. The molecule has 0 radical (unpaired) electrons. The Kier molecular flexibility index (Phi) is 6.28. The van der Waals surface area contributed by atoms with E-state index in [1.54, 1.807) is 6.07 Å². The Bertz CT molecular complexity index is 2680. The molecule has 3 aromatic heterocycles. The summed E-state index contributed by atoms with van der Waals surface area (Å²) in [5, 5.41) is 14.6. The minimum Gasteiger partial charge on any atom is -0.507 e. The van der Waals surface area contributed by atoms with Crippen molar-refractivity contribution in [3.63, 3.8) is 0 Å². The van der Waals surface area contributed by atoms with Crippen LogP contribution in [0.25, 0.3) is 83.1 Å². The number of hydrogen-bond acceptors (Lipinski definition) is 4. The summed E-state index contributed by atoms with van der Waals surface area (Å²) in [5.74, 6) is 1.81. The molecule has 0 spiro atoms. The zero-order valence-electron chi connectivity index (χ0n) is 27.3. The van der Waals surface area contributed by atoms with E-state index in [1.165, 1.54) is 16.8 Å². The number of imidazole rings is 1. The number of phenolic OH excluding ortho intramolecular Hbond substituents is 1. The zero-order chi connectivity index (χ0) is 32.7. The van der Waals surface area contributed by atoms with Gasteiger partial charge in [0.25, 0.3) is 0 Å². The van der Waals surface area contributed by atoms with E-state index < -0.39 is 0 Å². The van der Waals surface area contributed by atoms with Crippen LogP contribution in [-0.2, 0) is 0 Å². The smallest absolute Gasteiger partial charge is 0.145 e. The van der Waals surface area contributed by atoms with Gasteiger partial charge in [-0.3, -0.25) is 4.57 Å². The summed E-state index contributed by atoms with van der Waals surface area (Å²) >= 11 is 0. The standard InChI is InChI=1S/C43H34N2O3/c1-24(2)28-11-9-12-29(25(3)4)42(28)45-34-14-7-6-13-33(34)44-43(45)27-17-19-37-32(23-27)41-39(48-37)21-20-38-40(41)31-22-26(16-18-36(31)47-38)30-10-5-8-15-35(30)46/h5-25,46H,1-4H3. The van der Waals surface area contributed by atoms with E-state index in [0.29, 0.717) is 11.8 Å². The molecule has 0 unspecified atom stereocenters. The van der Waals surface area contributed by atoms with Crippen molar-refractivity contribution in [2.24, 2.45) is 0 Å². The molecular formula is C43H34N2O3. The number of para-hydroxylation sites is 4. The Morgan fingerprint density at radius 3 is 1.79 bits per heavy atom. The normalized spacial score (nSPS) is 12.2. The van der Waals surface area contributed by atoms with Gasteiger partial charge < -0.3 is 13.9 Å². The summed E-state index contributed by atoms with van der Waals surface area (Å²) in [6.45, 7) is 9.04. The van der Waals surface area contributed by atoms with Gasteiger partial charge in [0.1, 0.15) is 33.9 Å². The van der Waals surface area contributed by atoms with Gasteiger partial charge in [0, 0.05) is 32.7 Å². The fourth-order valence-electron chi connectivity index (χ4n) is 7.38. The number of benzene rings is 6. The van der Waals surface area contributed by atoms with Crippen molar-refractivity contribution in [2.45, 2.75) is 39.5 Å². The topological polar surface area (TPSA) is 64.3 Å². The number of rotatable bonds is 5. The highest BCUT2D eigenvalue weighted by Crippen LogP contribution is 2.44. The quantitative estimate of drug-likeness (QED) is 0.206. The van der Waals surface area contributed by atoms with Gasteiger partial charge in [0.15, 0.2) is 0 Å². The Hall–Kier alpha value is -5.81. The van der Waals surface area contributed by atoms with E-state index in [0.717, 1.165) is 77.4 Å². The molecule has 5 heteroatoms. The summed E-state index contributed by atoms with van der Waals surface area (Å²) in [7, 11) is 0. The molecule has 5 nitrogen and oxygen atoms in total. The maximum absolute atomic E-state index is 10.6. The largest absolute Gasteiger partial charge is 0.507 e. The Morgan fingerprint density at radius 2 is 1.15 bits per heavy atom. The van der Waals surface area contributed by atoms with E-state index in [-0.39, 0.29) is 5.75 Å². The second-order valence-electron chi connectivity index (χ2n) is 13.3. The minimum atomic E-state index is 0.246. The predicted octanol–water partition coefficient (Wildman–Crippen LogP) is 12.1. The number of aromatic nitrogens is 2. The van der Waals surface area contributed by atoms with E-state index >= 15 is 0 Å². The van der Waals surface area contributed by atoms with Gasteiger partial charge in [-0.05, 0) is 89.2 Å². The van der Waals surface area contributed by atoms with Gasteiger partial charge in [-0.2, -0.15) is 0 Å². The third-order valence-electron chi connectivity index (χ3n) is 9.67. The van der Waals surface area contributed by atoms with E-state index in [4.69, 9.17) is 13.8 Å². The molecule has 0 amide bonds. The van der Waals surface area contributed by atoms with Crippen LogP contribution in [0.5, 0.6) is 5.75 Å². The first-order chi connectivity index (χ1) is 23.4. The minimum absolute atomic E-state index is 0.246. The number of nitrogens with zero attached hydrogens (tertiary/aromatic N) is 2.